The maximum atomic E-state index is 5.78. The first-order chi connectivity index (χ1) is 11.6. The van der Waals surface area contributed by atoms with Crippen molar-refractivity contribution in [2.45, 2.75) is 26.3 Å². The number of benzene rings is 2. The molecule has 0 radical (unpaired) electrons. The van der Waals surface area contributed by atoms with Crippen LogP contribution in [0.1, 0.15) is 31.3 Å². The van der Waals surface area contributed by atoms with Gasteiger partial charge >= 0.3 is 0 Å². The van der Waals surface area contributed by atoms with E-state index >= 15 is 0 Å². The van der Waals surface area contributed by atoms with Crippen LogP contribution in [0.15, 0.2) is 36.4 Å². The molecule has 0 amide bonds. The monoisotopic (exact) mass is 323 g/mol. The molecular weight excluding hydrogens is 302 g/mol. The highest BCUT2D eigenvalue weighted by molar-refractivity contribution is 5.81. The number of imidazole rings is 1. The van der Waals surface area contributed by atoms with Gasteiger partial charge in [0.25, 0.3) is 0 Å². The molecule has 0 saturated heterocycles. The Labute approximate surface area is 141 Å². The molecule has 2 aromatic carbocycles. The molecule has 0 saturated carbocycles. The fourth-order valence-corrected chi connectivity index (χ4v) is 3.20. The van der Waals surface area contributed by atoms with Crippen molar-refractivity contribution in [3.63, 3.8) is 0 Å². The van der Waals surface area contributed by atoms with E-state index in [-0.39, 0.29) is 0 Å². The lowest BCUT2D eigenvalue weighted by Crippen LogP contribution is -2.15. The smallest absolute Gasteiger partial charge is 0.163 e. The number of nitrogen functional groups attached to an aromatic ring is 1. The Hall–Kier alpha value is -2.69. The summed E-state index contributed by atoms with van der Waals surface area (Å²) in [7, 11) is 0. The third-order valence-electron chi connectivity index (χ3n) is 4.28. The Kier molecular flexibility index (Phi) is 3.56. The molecule has 0 bridgehead atoms. The molecule has 1 aliphatic heterocycles. The largest absolute Gasteiger partial charge is 0.486 e. The molecule has 24 heavy (non-hydrogen) atoms. The molecule has 1 aromatic heterocycles. The van der Waals surface area contributed by atoms with Gasteiger partial charge in [0.2, 0.25) is 0 Å². The van der Waals surface area contributed by atoms with E-state index in [1.165, 1.54) is 5.56 Å². The van der Waals surface area contributed by atoms with Crippen LogP contribution < -0.4 is 15.2 Å². The minimum Gasteiger partial charge on any atom is -0.486 e. The molecule has 0 spiro atoms. The van der Waals surface area contributed by atoms with Crippen LogP contribution in [0.3, 0.4) is 0 Å². The minimum absolute atomic E-state index is 0.307. The fraction of sp³-hybridized carbons (Fsp3) is 0.316. The molecule has 3 aromatic rings. The maximum Gasteiger partial charge on any atom is 0.163 e. The summed E-state index contributed by atoms with van der Waals surface area (Å²) in [5.74, 6) is 2.61. The van der Waals surface area contributed by atoms with Crippen molar-refractivity contribution in [3.8, 4) is 11.5 Å². The predicted molar refractivity (Wildman–Crippen MR) is 94.8 cm³/mol. The van der Waals surface area contributed by atoms with Crippen LogP contribution >= 0.6 is 0 Å². The number of aromatic nitrogens is 2. The second-order valence-electron chi connectivity index (χ2n) is 6.39. The summed E-state index contributed by atoms with van der Waals surface area (Å²) in [6.45, 7) is 5.52. The third-order valence-corrected chi connectivity index (χ3v) is 4.28. The van der Waals surface area contributed by atoms with Crippen LogP contribution in [0.5, 0.6) is 11.5 Å². The number of ether oxygens (including phenoxy) is 2. The second kappa shape index (κ2) is 5.74. The van der Waals surface area contributed by atoms with E-state index in [4.69, 9.17) is 20.2 Å². The highest BCUT2D eigenvalue weighted by Crippen LogP contribution is 2.36. The molecule has 0 atom stereocenters. The van der Waals surface area contributed by atoms with E-state index < -0.39 is 0 Å². The molecule has 0 unspecified atom stereocenters. The first kappa shape index (κ1) is 14.9. The van der Waals surface area contributed by atoms with E-state index in [9.17, 15) is 0 Å². The van der Waals surface area contributed by atoms with Crippen LogP contribution in [0.25, 0.3) is 11.0 Å². The van der Waals surface area contributed by atoms with Crippen LogP contribution in [0.2, 0.25) is 0 Å². The van der Waals surface area contributed by atoms with Gasteiger partial charge in [-0.25, -0.2) is 4.98 Å². The first-order valence-electron chi connectivity index (χ1n) is 8.26. The lowest BCUT2D eigenvalue weighted by atomic mass is 10.1. The molecule has 1 aliphatic rings. The summed E-state index contributed by atoms with van der Waals surface area (Å²) < 4.78 is 13.7. The second-order valence-corrected chi connectivity index (χ2v) is 6.39. The van der Waals surface area contributed by atoms with Gasteiger partial charge in [-0.3, -0.25) is 0 Å². The molecule has 0 fully saturated rings. The normalized spacial score (nSPS) is 13.6. The molecule has 4 rings (SSSR count). The third kappa shape index (κ3) is 2.56. The lowest BCUT2D eigenvalue weighted by molar-refractivity contribution is 0.172. The number of rotatable bonds is 3. The van der Waals surface area contributed by atoms with Gasteiger partial charge in [0, 0.05) is 30.3 Å². The fourth-order valence-electron chi connectivity index (χ4n) is 3.20. The van der Waals surface area contributed by atoms with Crippen molar-refractivity contribution in [3.05, 3.63) is 47.8 Å². The molecule has 124 valence electrons. The minimum atomic E-state index is 0.307. The molecule has 2 heterocycles. The van der Waals surface area contributed by atoms with Gasteiger partial charge in [0.15, 0.2) is 11.5 Å². The Morgan fingerprint density at radius 2 is 1.75 bits per heavy atom. The van der Waals surface area contributed by atoms with Gasteiger partial charge in [-0.1, -0.05) is 12.1 Å². The van der Waals surface area contributed by atoms with Gasteiger partial charge in [0.1, 0.15) is 19.0 Å². The summed E-state index contributed by atoms with van der Waals surface area (Å²) in [6.07, 6.45) is 0.763. The molecule has 5 heteroatoms. The van der Waals surface area contributed by atoms with E-state index in [1.54, 1.807) is 0 Å². The van der Waals surface area contributed by atoms with Crippen molar-refractivity contribution in [2.24, 2.45) is 0 Å². The molecular formula is C19H21N3O2. The number of hydrogen-bond acceptors (Lipinski definition) is 4. The van der Waals surface area contributed by atoms with Crippen molar-refractivity contribution in [2.75, 3.05) is 18.9 Å². The molecule has 0 aliphatic carbocycles. The number of hydrogen-bond donors (Lipinski definition) is 1. The van der Waals surface area contributed by atoms with Crippen LogP contribution in [0.4, 0.5) is 5.69 Å². The summed E-state index contributed by atoms with van der Waals surface area (Å²) >= 11 is 0. The predicted octanol–water partition coefficient (Wildman–Crippen LogP) is 3.56. The topological polar surface area (TPSA) is 62.3 Å². The zero-order valence-electron chi connectivity index (χ0n) is 14.0. The van der Waals surface area contributed by atoms with Crippen molar-refractivity contribution >= 4 is 16.7 Å². The van der Waals surface area contributed by atoms with Crippen molar-refractivity contribution in [1.29, 1.82) is 0 Å². The van der Waals surface area contributed by atoms with Crippen molar-refractivity contribution < 1.29 is 9.47 Å². The quantitative estimate of drug-likeness (QED) is 0.749. The van der Waals surface area contributed by atoms with E-state index in [1.807, 2.05) is 24.3 Å². The van der Waals surface area contributed by atoms with Gasteiger partial charge in [-0.05, 0) is 31.5 Å². The van der Waals surface area contributed by atoms with E-state index in [0.29, 0.717) is 19.3 Å². The van der Waals surface area contributed by atoms with Crippen LogP contribution in [0, 0.1) is 0 Å². The Morgan fingerprint density at radius 3 is 2.42 bits per heavy atom. The Balaban J connectivity index is 1.82. The average molecular weight is 323 g/mol. The van der Waals surface area contributed by atoms with Gasteiger partial charge < -0.3 is 19.8 Å². The summed E-state index contributed by atoms with van der Waals surface area (Å²) in [4.78, 5) is 4.86. The highest BCUT2D eigenvalue weighted by Gasteiger charge is 2.19. The van der Waals surface area contributed by atoms with Crippen LogP contribution in [-0.4, -0.2) is 22.8 Å². The highest BCUT2D eigenvalue weighted by atomic mass is 16.6. The zero-order valence-corrected chi connectivity index (χ0v) is 14.0. The first-order valence-corrected chi connectivity index (χ1v) is 8.26. The molecule has 5 nitrogen and oxygen atoms in total. The van der Waals surface area contributed by atoms with E-state index in [0.717, 1.165) is 40.5 Å². The summed E-state index contributed by atoms with van der Waals surface area (Å²) in [5.41, 5.74) is 9.78. The Morgan fingerprint density at radius 1 is 1.08 bits per heavy atom. The number of anilines is 1. The van der Waals surface area contributed by atoms with E-state index in [2.05, 4.69) is 30.5 Å². The maximum absolute atomic E-state index is 5.78. The summed E-state index contributed by atoms with van der Waals surface area (Å²) in [6, 6.07) is 12.3. The number of nitrogens with two attached hydrogens (primary N) is 1. The number of fused-ring (bicyclic) bond motifs is 2. The van der Waals surface area contributed by atoms with Crippen molar-refractivity contribution in [1.82, 2.24) is 9.55 Å². The van der Waals surface area contributed by atoms with Crippen LogP contribution in [-0.2, 0) is 6.42 Å². The average Bonchev–Trinajstić information content (AvgIpc) is 2.91. The SMILES string of the molecule is CC(C)n1c(Cc2ccc(N)cc2)nc2cc3c(cc21)OCCO3. The Bertz CT molecular complexity index is 882. The van der Waals surface area contributed by atoms with Gasteiger partial charge in [0.05, 0.1) is 11.0 Å². The standard InChI is InChI=1S/C19H21N3O2/c1-12(2)22-16-11-18-17(23-7-8-24-18)10-15(16)21-19(22)9-13-3-5-14(20)6-4-13/h3-6,10-12H,7-9,20H2,1-2H3. The van der Waals surface area contributed by atoms with Gasteiger partial charge in [-0.15, -0.1) is 0 Å². The van der Waals surface area contributed by atoms with Gasteiger partial charge in [-0.2, -0.15) is 0 Å². The zero-order chi connectivity index (χ0) is 16.7. The summed E-state index contributed by atoms with van der Waals surface area (Å²) in [5, 5.41) is 0. The lowest BCUT2D eigenvalue weighted by Gasteiger charge is -2.19. The number of nitrogens with zero attached hydrogens (tertiary/aromatic N) is 2. The molecule has 2 N–H and O–H groups in total.